The maximum Gasteiger partial charge on any atom is 0.339 e. The number of aromatic carboxylic acids is 1. The molecule has 2 rings (SSSR count). The van der Waals surface area contributed by atoms with Crippen LogP contribution >= 0.6 is 15.9 Å². The molecule has 0 aliphatic carbocycles. The lowest BCUT2D eigenvalue weighted by Gasteiger charge is -2.18. The minimum absolute atomic E-state index is 0.0881. The quantitative estimate of drug-likeness (QED) is 0.879. The number of carboxylic acid groups (broad SMARTS) is 1. The highest BCUT2D eigenvalue weighted by Crippen LogP contribution is 2.36. The molecule has 0 spiro atoms. The van der Waals surface area contributed by atoms with Crippen LogP contribution in [-0.2, 0) is 0 Å². The molecule has 3 nitrogen and oxygen atoms in total. The highest BCUT2D eigenvalue weighted by molar-refractivity contribution is 9.10. The predicted molar refractivity (Wildman–Crippen MR) is 81.5 cm³/mol. The SMILES string of the molecule is Cc1ccccc1C(C)c1cc(Br)cc(C(=O)O)c1O. The van der Waals surface area contributed by atoms with E-state index in [0.717, 1.165) is 11.1 Å². The molecule has 0 bridgehead atoms. The molecule has 0 saturated carbocycles. The third-order valence-electron chi connectivity index (χ3n) is 3.46. The number of aromatic hydroxyl groups is 1. The van der Waals surface area contributed by atoms with E-state index >= 15 is 0 Å². The summed E-state index contributed by atoms with van der Waals surface area (Å²) in [6, 6.07) is 11.0. The molecule has 4 heteroatoms. The number of hydrogen-bond acceptors (Lipinski definition) is 2. The number of aryl methyl sites for hydroxylation is 1. The van der Waals surface area contributed by atoms with E-state index in [2.05, 4.69) is 15.9 Å². The molecule has 0 aliphatic rings. The third kappa shape index (κ3) is 2.70. The normalized spacial score (nSPS) is 12.2. The first-order chi connectivity index (χ1) is 9.41. The molecule has 0 radical (unpaired) electrons. The predicted octanol–water partition coefficient (Wildman–Crippen LogP) is 4.31. The molecule has 1 unspecified atom stereocenters. The fourth-order valence-corrected chi connectivity index (χ4v) is 2.83. The maximum absolute atomic E-state index is 11.2. The Morgan fingerprint density at radius 1 is 1.20 bits per heavy atom. The van der Waals surface area contributed by atoms with E-state index in [1.165, 1.54) is 6.07 Å². The van der Waals surface area contributed by atoms with Gasteiger partial charge >= 0.3 is 5.97 Å². The molecule has 0 heterocycles. The highest BCUT2D eigenvalue weighted by Gasteiger charge is 2.20. The van der Waals surface area contributed by atoms with E-state index in [9.17, 15) is 9.90 Å². The standard InChI is InChI=1S/C16H15BrO3/c1-9-5-3-4-6-12(9)10(2)13-7-11(17)8-14(15(13)18)16(19)20/h3-8,10,18H,1-2H3,(H,19,20). The lowest BCUT2D eigenvalue weighted by Crippen LogP contribution is -2.04. The van der Waals surface area contributed by atoms with Crippen molar-refractivity contribution in [3.05, 3.63) is 63.1 Å². The fourth-order valence-electron chi connectivity index (χ4n) is 2.35. The first kappa shape index (κ1) is 14.6. The average Bonchev–Trinajstić information content (AvgIpc) is 2.40. The van der Waals surface area contributed by atoms with Crippen LogP contribution in [0.25, 0.3) is 0 Å². The Hall–Kier alpha value is -1.81. The summed E-state index contributed by atoms with van der Waals surface area (Å²) < 4.78 is 0.642. The zero-order valence-corrected chi connectivity index (χ0v) is 12.8. The Kier molecular flexibility index (Phi) is 4.14. The first-order valence-corrected chi connectivity index (χ1v) is 7.02. The summed E-state index contributed by atoms with van der Waals surface area (Å²) in [6.45, 7) is 3.95. The van der Waals surface area contributed by atoms with Crippen molar-refractivity contribution in [2.75, 3.05) is 0 Å². The van der Waals surface area contributed by atoms with Gasteiger partial charge in [-0.3, -0.25) is 0 Å². The van der Waals surface area contributed by atoms with Crippen molar-refractivity contribution in [3.63, 3.8) is 0 Å². The molecule has 0 amide bonds. The molecular formula is C16H15BrO3. The smallest absolute Gasteiger partial charge is 0.339 e. The Morgan fingerprint density at radius 3 is 2.45 bits per heavy atom. The molecule has 2 N–H and O–H groups in total. The minimum atomic E-state index is -1.14. The molecule has 104 valence electrons. The summed E-state index contributed by atoms with van der Waals surface area (Å²) in [5.41, 5.74) is 2.69. The van der Waals surface area contributed by atoms with Crippen LogP contribution < -0.4 is 0 Å². The Bertz CT molecular complexity index is 665. The molecule has 0 aliphatic heterocycles. The molecule has 20 heavy (non-hydrogen) atoms. The van der Waals surface area contributed by atoms with Gasteiger partial charge in [-0.15, -0.1) is 0 Å². The van der Waals surface area contributed by atoms with Crippen molar-refractivity contribution in [1.29, 1.82) is 0 Å². The number of carboxylic acids is 1. The van der Waals surface area contributed by atoms with Crippen LogP contribution in [0.1, 0.15) is 39.9 Å². The number of hydrogen-bond donors (Lipinski definition) is 2. The van der Waals surface area contributed by atoms with Crippen LogP contribution in [0.3, 0.4) is 0 Å². The second kappa shape index (κ2) is 5.67. The second-order valence-electron chi connectivity index (χ2n) is 4.77. The van der Waals surface area contributed by atoms with E-state index in [-0.39, 0.29) is 17.2 Å². The Morgan fingerprint density at radius 2 is 1.85 bits per heavy atom. The van der Waals surface area contributed by atoms with Crippen LogP contribution in [0.2, 0.25) is 0 Å². The van der Waals surface area contributed by atoms with Crippen molar-refractivity contribution in [2.24, 2.45) is 0 Å². The summed E-state index contributed by atoms with van der Waals surface area (Å²) >= 11 is 3.30. The van der Waals surface area contributed by atoms with Crippen molar-refractivity contribution in [2.45, 2.75) is 19.8 Å². The van der Waals surface area contributed by atoms with Crippen molar-refractivity contribution >= 4 is 21.9 Å². The number of rotatable bonds is 3. The summed E-state index contributed by atoms with van der Waals surface area (Å²) in [5, 5.41) is 19.3. The molecule has 2 aromatic rings. The molecule has 0 saturated heterocycles. The lowest BCUT2D eigenvalue weighted by molar-refractivity contribution is 0.0693. The molecule has 2 aromatic carbocycles. The van der Waals surface area contributed by atoms with Crippen LogP contribution in [0.4, 0.5) is 0 Å². The molecular weight excluding hydrogens is 320 g/mol. The van der Waals surface area contributed by atoms with Gasteiger partial charge in [-0.2, -0.15) is 0 Å². The zero-order valence-electron chi connectivity index (χ0n) is 11.2. The van der Waals surface area contributed by atoms with E-state index in [1.807, 2.05) is 38.1 Å². The molecule has 0 fully saturated rings. The number of phenols is 1. The summed E-state index contributed by atoms with van der Waals surface area (Å²) in [5.74, 6) is -1.40. The number of carbonyl (C=O) groups is 1. The Labute approximate surface area is 126 Å². The van der Waals surface area contributed by atoms with Gasteiger partial charge < -0.3 is 10.2 Å². The Balaban J connectivity index is 2.58. The number of halogens is 1. The van der Waals surface area contributed by atoms with Gasteiger partial charge in [0.25, 0.3) is 0 Å². The van der Waals surface area contributed by atoms with Gasteiger partial charge in [-0.1, -0.05) is 47.1 Å². The van der Waals surface area contributed by atoms with Gasteiger partial charge in [0.15, 0.2) is 0 Å². The van der Waals surface area contributed by atoms with Crippen LogP contribution in [0.5, 0.6) is 5.75 Å². The van der Waals surface area contributed by atoms with E-state index in [1.54, 1.807) is 6.07 Å². The van der Waals surface area contributed by atoms with Gasteiger partial charge in [0, 0.05) is 16.0 Å². The lowest BCUT2D eigenvalue weighted by atomic mass is 9.88. The van der Waals surface area contributed by atoms with Gasteiger partial charge in [-0.05, 0) is 30.2 Å². The molecule has 1 atom stereocenters. The summed E-state index contributed by atoms with van der Waals surface area (Å²) in [6.07, 6.45) is 0. The van der Waals surface area contributed by atoms with Gasteiger partial charge in [0.05, 0.1) is 0 Å². The summed E-state index contributed by atoms with van der Waals surface area (Å²) in [7, 11) is 0. The van der Waals surface area contributed by atoms with Gasteiger partial charge in [0.2, 0.25) is 0 Å². The van der Waals surface area contributed by atoms with Crippen molar-refractivity contribution in [3.8, 4) is 5.75 Å². The van der Waals surface area contributed by atoms with Crippen LogP contribution in [0, 0.1) is 6.92 Å². The van der Waals surface area contributed by atoms with Crippen molar-refractivity contribution < 1.29 is 15.0 Å². The monoisotopic (exact) mass is 334 g/mol. The van der Waals surface area contributed by atoms with E-state index in [0.29, 0.717) is 10.0 Å². The average molecular weight is 335 g/mol. The highest BCUT2D eigenvalue weighted by atomic mass is 79.9. The summed E-state index contributed by atoms with van der Waals surface area (Å²) in [4.78, 5) is 11.2. The van der Waals surface area contributed by atoms with E-state index < -0.39 is 5.97 Å². The van der Waals surface area contributed by atoms with Crippen LogP contribution in [-0.4, -0.2) is 16.2 Å². The topological polar surface area (TPSA) is 57.5 Å². The van der Waals surface area contributed by atoms with Gasteiger partial charge in [-0.25, -0.2) is 4.79 Å². The second-order valence-corrected chi connectivity index (χ2v) is 5.69. The number of benzene rings is 2. The fraction of sp³-hybridized carbons (Fsp3) is 0.188. The minimum Gasteiger partial charge on any atom is -0.507 e. The van der Waals surface area contributed by atoms with E-state index in [4.69, 9.17) is 5.11 Å². The largest absolute Gasteiger partial charge is 0.507 e. The third-order valence-corrected chi connectivity index (χ3v) is 3.91. The van der Waals surface area contributed by atoms with Gasteiger partial charge in [0.1, 0.15) is 11.3 Å². The van der Waals surface area contributed by atoms with Crippen molar-refractivity contribution in [1.82, 2.24) is 0 Å². The maximum atomic E-state index is 11.2. The van der Waals surface area contributed by atoms with Crippen LogP contribution in [0.15, 0.2) is 40.9 Å². The first-order valence-electron chi connectivity index (χ1n) is 6.23. The molecule has 0 aromatic heterocycles. The zero-order chi connectivity index (χ0) is 14.9.